The second kappa shape index (κ2) is 7.73. The van der Waals surface area contributed by atoms with E-state index in [1.807, 2.05) is 6.07 Å². The van der Waals surface area contributed by atoms with Crippen LogP contribution < -0.4 is 10.1 Å². The van der Waals surface area contributed by atoms with Gasteiger partial charge in [-0.05, 0) is 18.6 Å². The van der Waals surface area contributed by atoms with E-state index in [1.165, 1.54) is 24.2 Å². The van der Waals surface area contributed by atoms with Crippen LogP contribution in [-0.4, -0.2) is 23.2 Å². The van der Waals surface area contributed by atoms with Crippen LogP contribution in [-0.2, 0) is 6.42 Å². The molecule has 5 nitrogen and oxygen atoms in total. The molecule has 2 aromatic rings. The molecule has 0 aliphatic rings. The molecule has 21 heavy (non-hydrogen) atoms. The fraction of sp³-hybridized carbons (Fsp3) is 0.400. The topological polar surface area (TPSA) is 64.1 Å². The third-order valence-electron chi connectivity index (χ3n) is 3.03. The van der Waals surface area contributed by atoms with E-state index < -0.39 is 0 Å². The summed E-state index contributed by atoms with van der Waals surface area (Å²) in [7, 11) is 1.54. The maximum atomic E-state index is 12.2. The van der Waals surface area contributed by atoms with Crippen LogP contribution in [0.5, 0.6) is 5.75 Å². The average molecular weight is 305 g/mol. The summed E-state index contributed by atoms with van der Waals surface area (Å²) in [5, 5.41) is 12.4. The van der Waals surface area contributed by atoms with E-state index in [1.54, 1.807) is 25.3 Å². The summed E-state index contributed by atoms with van der Waals surface area (Å²) >= 11 is 1.42. The number of rotatable bonds is 7. The number of nitrogens with zero attached hydrogens (tertiary/aromatic N) is 2. The standard InChI is InChI=1S/C15H19N3O2S/c1-3-4-5-10-13-17-18-15(21-13)16-14(19)11-8-6-7-9-12(11)20-2/h6-9H,3-5,10H2,1-2H3,(H,16,18,19). The SMILES string of the molecule is CCCCCc1nnc(NC(=O)c2ccccc2OC)s1. The number of hydrogen-bond donors (Lipinski definition) is 1. The maximum absolute atomic E-state index is 12.2. The predicted octanol–water partition coefficient (Wildman–Crippen LogP) is 3.53. The molecule has 0 radical (unpaired) electrons. The van der Waals surface area contributed by atoms with Crippen LogP contribution in [0.25, 0.3) is 0 Å². The van der Waals surface area contributed by atoms with Gasteiger partial charge in [0.15, 0.2) is 0 Å². The van der Waals surface area contributed by atoms with Gasteiger partial charge in [-0.25, -0.2) is 0 Å². The number of ether oxygens (including phenoxy) is 1. The van der Waals surface area contributed by atoms with Crippen LogP contribution in [0.1, 0.15) is 41.6 Å². The average Bonchev–Trinajstić information content (AvgIpc) is 2.95. The van der Waals surface area contributed by atoms with Gasteiger partial charge < -0.3 is 4.74 Å². The number of nitrogens with one attached hydrogen (secondary N) is 1. The molecular formula is C15H19N3O2S. The molecule has 0 aliphatic heterocycles. The van der Waals surface area contributed by atoms with Gasteiger partial charge in [0, 0.05) is 6.42 Å². The fourth-order valence-electron chi connectivity index (χ4n) is 1.93. The molecule has 6 heteroatoms. The zero-order chi connectivity index (χ0) is 15.1. The smallest absolute Gasteiger partial charge is 0.261 e. The number of hydrogen-bond acceptors (Lipinski definition) is 5. The molecule has 0 fully saturated rings. The maximum Gasteiger partial charge on any atom is 0.261 e. The van der Waals surface area contributed by atoms with E-state index in [2.05, 4.69) is 22.4 Å². The number of methoxy groups -OCH3 is 1. The molecule has 112 valence electrons. The first-order valence-electron chi connectivity index (χ1n) is 7.01. The highest BCUT2D eigenvalue weighted by molar-refractivity contribution is 7.15. The molecule has 0 unspecified atom stereocenters. The van der Waals surface area contributed by atoms with E-state index in [0.717, 1.165) is 17.8 Å². The first-order valence-corrected chi connectivity index (χ1v) is 7.83. The van der Waals surface area contributed by atoms with Crippen LogP contribution >= 0.6 is 11.3 Å². The Labute approximate surface area is 128 Å². The van der Waals surface area contributed by atoms with Gasteiger partial charge in [0.25, 0.3) is 5.91 Å². The van der Waals surface area contributed by atoms with Crippen molar-refractivity contribution in [3.63, 3.8) is 0 Å². The summed E-state index contributed by atoms with van der Waals surface area (Å²) < 4.78 is 5.18. The first kappa shape index (κ1) is 15.4. The van der Waals surface area contributed by atoms with Crippen molar-refractivity contribution in [2.45, 2.75) is 32.6 Å². The van der Waals surface area contributed by atoms with Gasteiger partial charge in [0.05, 0.1) is 12.7 Å². The van der Waals surface area contributed by atoms with E-state index in [-0.39, 0.29) is 5.91 Å². The number of anilines is 1. The zero-order valence-electron chi connectivity index (χ0n) is 12.3. The monoisotopic (exact) mass is 305 g/mol. The molecule has 2 rings (SSSR count). The van der Waals surface area contributed by atoms with Crippen molar-refractivity contribution in [3.8, 4) is 5.75 Å². The van der Waals surface area contributed by atoms with Gasteiger partial charge in [-0.15, -0.1) is 10.2 Å². The molecule has 0 bridgehead atoms. The highest BCUT2D eigenvalue weighted by Crippen LogP contribution is 2.21. The lowest BCUT2D eigenvalue weighted by Gasteiger charge is -2.06. The van der Waals surface area contributed by atoms with Gasteiger partial charge in [0.2, 0.25) is 5.13 Å². The Bertz CT molecular complexity index is 598. The number of benzene rings is 1. The van der Waals surface area contributed by atoms with Crippen molar-refractivity contribution in [3.05, 3.63) is 34.8 Å². The normalized spacial score (nSPS) is 10.4. The van der Waals surface area contributed by atoms with E-state index in [4.69, 9.17) is 4.74 Å². The summed E-state index contributed by atoms with van der Waals surface area (Å²) in [4.78, 5) is 12.2. The molecule has 1 aromatic heterocycles. The minimum absolute atomic E-state index is 0.233. The third kappa shape index (κ3) is 4.26. The molecule has 0 saturated carbocycles. The fourth-order valence-corrected chi connectivity index (χ4v) is 2.70. The Morgan fingerprint density at radius 1 is 1.29 bits per heavy atom. The number of para-hydroxylation sites is 1. The Morgan fingerprint density at radius 3 is 2.86 bits per heavy atom. The van der Waals surface area contributed by atoms with E-state index >= 15 is 0 Å². The lowest BCUT2D eigenvalue weighted by atomic mass is 10.2. The van der Waals surface area contributed by atoms with Crippen molar-refractivity contribution < 1.29 is 9.53 Å². The molecule has 1 heterocycles. The minimum atomic E-state index is -0.233. The second-order valence-electron chi connectivity index (χ2n) is 4.61. The molecule has 1 aromatic carbocycles. The van der Waals surface area contributed by atoms with Crippen molar-refractivity contribution >= 4 is 22.4 Å². The van der Waals surface area contributed by atoms with Crippen molar-refractivity contribution in [2.75, 3.05) is 12.4 Å². The van der Waals surface area contributed by atoms with Crippen LogP contribution in [0, 0.1) is 0 Å². The van der Waals surface area contributed by atoms with Gasteiger partial charge in [0.1, 0.15) is 10.8 Å². The predicted molar refractivity (Wildman–Crippen MR) is 84.1 cm³/mol. The van der Waals surface area contributed by atoms with Gasteiger partial charge in [-0.1, -0.05) is 43.2 Å². The largest absolute Gasteiger partial charge is 0.496 e. The Balaban J connectivity index is 1.99. The van der Waals surface area contributed by atoms with E-state index in [0.29, 0.717) is 16.4 Å². The molecule has 0 atom stereocenters. The summed E-state index contributed by atoms with van der Waals surface area (Å²) in [6.45, 7) is 2.17. The minimum Gasteiger partial charge on any atom is -0.496 e. The quantitative estimate of drug-likeness (QED) is 0.795. The molecule has 0 aliphatic carbocycles. The molecule has 0 spiro atoms. The highest BCUT2D eigenvalue weighted by atomic mass is 32.1. The molecule has 0 saturated heterocycles. The van der Waals surface area contributed by atoms with E-state index in [9.17, 15) is 4.79 Å². The van der Waals surface area contributed by atoms with Crippen LogP contribution in [0.15, 0.2) is 24.3 Å². The van der Waals surface area contributed by atoms with Gasteiger partial charge >= 0.3 is 0 Å². The summed E-state index contributed by atoms with van der Waals surface area (Å²) in [6.07, 6.45) is 4.38. The lowest BCUT2D eigenvalue weighted by molar-refractivity contribution is 0.102. The number of unbranched alkanes of at least 4 members (excludes halogenated alkanes) is 2. The number of aromatic nitrogens is 2. The first-order chi connectivity index (χ1) is 10.2. The van der Waals surface area contributed by atoms with Gasteiger partial charge in [-0.3, -0.25) is 10.1 Å². The molecule has 1 amide bonds. The number of carbonyl (C=O) groups is 1. The van der Waals surface area contributed by atoms with Crippen LogP contribution in [0.3, 0.4) is 0 Å². The number of aryl methyl sites for hydroxylation is 1. The Morgan fingerprint density at radius 2 is 2.10 bits per heavy atom. The number of carbonyl (C=O) groups excluding carboxylic acids is 1. The van der Waals surface area contributed by atoms with Crippen LogP contribution in [0.2, 0.25) is 0 Å². The highest BCUT2D eigenvalue weighted by Gasteiger charge is 2.14. The van der Waals surface area contributed by atoms with Crippen molar-refractivity contribution in [1.29, 1.82) is 0 Å². The third-order valence-corrected chi connectivity index (χ3v) is 3.93. The summed E-state index contributed by atoms with van der Waals surface area (Å²) in [6, 6.07) is 7.10. The summed E-state index contributed by atoms with van der Waals surface area (Å²) in [5.41, 5.74) is 0.489. The number of amides is 1. The Hall–Kier alpha value is -1.95. The summed E-state index contributed by atoms with van der Waals surface area (Å²) in [5.74, 6) is 0.311. The second-order valence-corrected chi connectivity index (χ2v) is 5.67. The Kier molecular flexibility index (Phi) is 5.68. The van der Waals surface area contributed by atoms with Crippen molar-refractivity contribution in [1.82, 2.24) is 10.2 Å². The molecular weight excluding hydrogens is 286 g/mol. The zero-order valence-corrected chi connectivity index (χ0v) is 13.1. The van der Waals surface area contributed by atoms with Gasteiger partial charge in [-0.2, -0.15) is 0 Å². The lowest BCUT2D eigenvalue weighted by Crippen LogP contribution is -2.12. The molecule has 1 N–H and O–H groups in total. The van der Waals surface area contributed by atoms with Crippen molar-refractivity contribution in [2.24, 2.45) is 0 Å². The van der Waals surface area contributed by atoms with Crippen LogP contribution in [0.4, 0.5) is 5.13 Å².